The maximum atomic E-state index is 12.6. The van der Waals surface area contributed by atoms with Crippen molar-refractivity contribution in [2.75, 3.05) is 7.11 Å². The van der Waals surface area contributed by atoms with Crippen LogP contribution in [0.4, 0.5) is 0 Å². The Hall–Kier alpha value is -3.17. The largest absolute Gasteiger partial charge is 0.497 e. The fourth-order valence-electron chi connectivity index (χ4n) is 2.92. The number of carbonyl (C=O) groups excluding carboxylic acids is 1. The Morgan fingerprint density at radius 3 is 2.81 bits per heavy atom. The number of rotatable bonds is 9. The van der Waals surface area contributed by atoms with Crippen LogP contribution in [0.25, 0.3) is 11.4 Å². The van der Waals surface area contributed by atoms with Gasteiger partial charge in [0.1, 0.15) is 5.75 Å². The number of pyridine rings is 1. The zero-order valence-electron chi connectivity index (χ0n) is 16.8. The maximum Gasteiger partial charge on any atom is 0.221 e. The summed E-state index contributed by atoms with van der Waals surface area (Å²) in [6.07, 6.45) is 3.80. The van der Waals surface area contributed by atoms with Crippen molar-refractivity contribution < 1.29 is 9.53 Å². The average molecular weight is 452 g/mol. The number of aromatic amines is 1. The van der Waals surface area contributed by atoms with Gasteiger partial charge in [-0.1, -0.05) is 23.9 Å². The number of methoxy groups -OCH3 is 1. The highest BCUT2D eigenvalue weighted by atomic mass is 32.2. The van der Waals surface area contributed by atoms with Crippen LogP contribution < -0.4 is 10.1 Å². The van der Waals surface area contributed by atoms with Crippen LogP contribution in [-0.2, 0) is 11.3 Å². The zero-order chi connectivity index (χ0) is 21.5. The second kappa shape index (κ2) is 10.2. The molecule has 1 aromatic carbocycles. The molecule has 1 amide bonds. The highest BCUT2D eigenvalue weighted by molar-refractivity contribution is 7.99. The molecule has 0 aliphatic rings. The van der Waals surface area contributed by atoms with E-state index < -0.39 is 0 Å². The molecule has 1 atom stereocenters. The molecular formula is C22H21N5O2S2. The van der Waals surface area contributed by atoms with Gasteiger partial charge in [-0.15, -0.1) is 16.4 Å². The van der Waals surface area contributed by atoms with Crippen LogP contribution in [0.2, 0.25) is 0 Å². The van der Waals surface area contributed by atoms with E-state index in [-0.39, 0.29) is 11.2 Å². The van der Waals surface area contributed by atoms with E-state index in [1.807, 2.05) is 53.9 Å². The molecule has 0 bridgehead atoms. The van der Waals surface area contributed by atoms with Crippen LogP contribution in [0, 0.1) is 0 Å². The molecular weight excluding hydrogens is 430 g/mol. The number of hydrogen-bond donors (Lipinski definition) is 2. The number of benzene rings is 1. The Balaban J connectivity index is 1.42. The molecule has 0 fully saturated rings. The van der Waals surface area contributed by atoms with Crippen molar-refractivity contribution in [3.05, 3.63) is 76.7 Å². The van der Waals surface area contributed by atoms with E-state index in [2.05, 4.69) is 25.5 Å². The minimum atomic E-state index is -0.0755. The van der Waals surface area contributed by atoms with E-state index in [1.165, 1.54) is 11.8 Å². The van der Waals surface area contributed by atoms with Crippen LogP contribution in [-0.4, -0.2) is 33.2 Å². The number of amides is 1. The van der Waals surface area contributed by atoms with Gasteiger partial charge in [0.15, 0.2) is 5.82 Å². The molecule has 7 nitrogen and oxygen atoms in total. The lowest BCUT2D eigenvalue weighted by molar-refractivity contribution is -0.121. The molecule has 0 aliphatic carbocycles. The van der Waals surface area contributed by atoms with Gasteiger partial charge in [0.05, 0.1) is 12.4 Å². The Labute approximate surface area is 188 Å². The second-order valence-electron chi connectivity index (χ2n) is 6.66. The lowest BCUT2D eigenvalue weighted by atomic mass is 10.2. The molecule has 0 unspecified atom stereocenters. The second-order valence-corrected chi connectivity index (χ2v) is 8.81. The summed E-state index contributed by atoms with van der Waals surface area (Å²) in [5, 5.41) is 12.8. The summed E-state index contributed by atoms with van der Waals surface area (Å²) in [5.74, 6) is 1.43. The van der Waals surface area contributed by atoms with Gasteiger partial charge < -0.3 is 10.1 Å². The van der Waals surface area contributed by atoms with Crippen molar-refractivity contribution in [2.45, 2.75) is 23.4 Å². The van der Waals surface area contributed by atoms with Crippen molar-refractivity contribution in [1.82, 2.24) is 25.5 Å². The van der Waals surface area contributed by atoms with E-state index in [0.29, 0.717) is 23.9 Å². The molecule has 9 heteroatoms. The molecule has 4 aromatic rings. The van der Waals surface area contributed by atoms with Crippen LogP contribution in [0.3, 0.4) is 0 Å². The highest BCUT2D eigenvalue weighted by Crippen LogP contribution is 2.38. The third-order valence-corrected chi connectivity index (χ3v) is 6.75. The zero-order valence-corrected chi connectivity index (χ0v) is 18.5. The first-order valence-corrected chi connectivity index (χ1v) is 11.4. The Morgan fingerprint density at radius 2 is 2.10 bits per heavy atom. The number of nitrogens with one attached hydrogen (secondary N) is 2. The smallest absolute Gasteiger partial charge is 0.221 e. The minimum Gasteiger partial charge on any atom is -0.497 e. The molecule has 0 aliphatic heterocycles. The fourth-order valence-corrected chi connectivity index (χ4v) is 4.87. The summed E-state index contributed by atoms with van der Waals surface area (Å²) in [5.41, 5.74) is 1.89. The summed E-state index contributed by atoms with van der Waals surface area (Å²) in [6.45, 7) is 0.455. The first-order chi connectivity index (χ1) is 15.2. The van der Waals surface area contributed by atoms with Crippen LogP contribution in [0.15, 0.2) is 71.5 Å². The fraction of sp³-hybridized carbons (Fsp3) is 0.182. The van der Waals surface area contributed by atoms with Gasteiger partial charge in [0.25, 0.3) is 0 Å². The minimum absolute atomic E-state index is 0.0272. The van der Waals surface area contributed by atoms with Gasteiger partial charge in [0.2, 0.25) is 11.1 Å². The molecule has 3 heterocycles. The number of carbonyl (C=O) groups is 1. The highest BCUT2D eigenvalue weighted by Gasteiger charge is 2.21. The SMILES string of the molecule is COc1ccc(-c2nc(S[C@H](CC(=O)NCc3cccnc3)c3cccs3)n[nH]2)cc1. The maximum absolute atomic E-state index is 12.6. The molecule has 3 aromatic heterocycles. The van der Waals surface area contributed by atoms with E-state index in [9.17, 15) is 4.79 Å². The number of ether oxygens (including phenoxy) is 1. The lowest BCUT2D eigenvalue weighted by Gasteiger charge is -2.13. The monoisotopic (exact) mass is 451 g/mol. The lowest BCUT2D eigenvalue weighted by Crippen LogP contribution is -2.24. The number of hydrogen-bond acceptors (Lipinski definition) is 7. The number of thiophene rings is 1. The van der Waals surface area contributed by atoms with Crippen LogP contribution in [0.5, 0.6) is 5.75 Å². The molecule has 0 radical (unpaired) electrons. The number of aromatic nitrogens is 4. The van der Waals surface area contributed by atoms with Gasteiger partial charge in [-0.3, -0.25) is 14.9 Å². The number of H-pyrrole nitrogens is 1. The first-order valence-electron chi connectivity index (χ1n) is 9.64. The summed E-state index contributed by atoms with van der Waals surface area (Å²) < 4.78 is 5.20. The Bertz CT molecular complexity index is 1100. The van der Waals surface area contributed by atoms with Crippen molar-refractivity contribution in [1.29, 1.82) is 0 Å². The molecule has 31 heavy (non-hydrogen) atoms. The third kappa shape index (κ3) is 5.71. The van der Waals surface area contributed by atoms with E-state index >= 15 is 0 Å². The standard InChI is InChI=1S/C22H21N5O2S2/c1-29-17-8-6-16(7-9-17)21-25-22(27-26-21)31-19(18-5-3-11-30-18)12-20(28)24-14-15-4-2-10-23-13-15/h2-11,13,19H,12,14H2,1H3,(H,24,28)(H,25,26,27)/t19-/m1/s1. The van der Waals surface area contributed by atoms with Gasteiger partial charge in [-0.05, 0) is 47.3 Å². The molecule has 0 saturated heterocycles. The molecule has 0 spiro atoms. The van der Waals surface area contributed by atoms with E-state index in [4.69, 9.17) is 4.74 Å². The molecule has 0 saturated carbocycles. The average Bonchev–Trinajstić information content (AvgIpc) is 3.51. The predicted molar refractivity (Wildman–Crippen MR) is 122 cm³/mol. The Kier molecular flexibility index (Phi) is 6.96. The van der Waals surface area contributed by atoms with Crippen molar-refractivity contribution in [3.63, 3.8) is 0 Å². The van der Waals surface area contributed by atoms with Crippen molar-refractivity contribution >= 4 is 29.0 Å². The van der Waals surface area contributed by atoms with Gasteiger partial charge in [-0.2, -0.15) is 0 Å². The van der Waals surface area contributed by atoms with Crippen LogP contribution in [0.1, 0.15) is 22.1 Å². The summed E-state index contributed by atoms with van der Waals surface area (Å²) in [4.78, 5) is 22.4. The van der Waals surface area contributed by atoms with Crippen molar-refractivity contribution in [3.8, 4) is 17.1 Å². The van der Waals surface area contributed by atoms with Crippen molar-refractivity contribution in [2.24, 2.45) is 0 Å². The first kappa shape index (κ1) is 21.1. The van der Waals surface area contributed by atoms with E-state index in [1.54, 1.807) is 30.8 Å². The van der Waals surface area contributed by atoms with Gasteiger partial charge >= 0.3 is 0 Å². The topological polar surface area (TPSA) is 92.8 Å². The summed E-state index contributed by atoms with van der Waals surface area (Å²) >= 11 is 3.10. The normalized spacial score (nSPS) is 11.8. The predicted octanol–water partition coefficient (Wildman–Crippen LogP) is 4.48. The summed E-state index contributed by atoms with van der Waals surface area (Å²) in [6, 6.07) is 15.4. The molecule has 4 rings (SSSR count). The quantitative estimate of drug-likeness (QED) is 0.365. The third-order valence-electron chi connectivity index (χ3n) is 4.52. The molecule has 158 valence electrons. The van der Waals surface area contributed by atoms with Gasteiger partial charge in [0, 0.05) is 35.8 Å². The van der Waals surface area contributed by atoms with Crippen LogP contribution >= 0.6 is 23.1 Å². The molecule has 2 N–H and O–H groups in total. The Morgan fingerprint density at radius 1 is 1.23 bits per heavy atom. The summed E-state index contributed by atoms with van der Waals surface area (Å²) in [7, 11) is 1.63. The van der Waals surface area contributed by atoms with Gasteiger partial charge in [-0.25, -0.2) is 4.98 Å². The number of thioether (sulfide) groups is 1. The van der Waals surface area contributed by atoms with E-state index in [0.717, 1.165) is 21.8 Å². The number of nitrogens with zero attached hydrogens (tertiary/aromatic N) is 3.